The minimum atomic E-state index is -1.08. The van der Waals surface area contributed by atoms with E-state index in [1.54, 1.807) is 13.8 Å². The van der Waals surface area contributed by atoms with E-state index in [1.807, 2.05) is 30.3 Å². The van der Waals surface area contributed by atoms with Crippen LogP contribution in [0.15, 0.2) is 78.9 Å². The molecular formula is C25H32O9. The molecule has 1 aromatic rings. The third kappa shape index (κ3) is 18.8. The van der Waals surface area contributed by atoms with E-state index in [0.29, 0.717) is 17.8 Å². The second kappa shape index (κ2) is 19.7. The first kappa shape index (κ1) is 32.2. The van der Waals surface area contributed by atoms with Crippen LogP contribution < -0.4 is 0 Å². The number of hydrogen-bond acceptors (Lipinski definition) is 8. The molecule has 0 aliphatic carbocycles. The molecule has 1 rings (SSSR count). The highest BCUT2D eigenvalue weighted by atomic mass is 16.5. The molecule has 0 fully saturated rings. The number of methoxy groups -OCH3 is 1. The van der Waals surface area contributed by atoms with Crippen LogP contribution in [0.4, 0.5) is 0 Å². The van der Waals surface area contributed by atoms with Gasteiger partial charge in [0.2, 0.25) is 0 Å². The molecule has 0 bridgehead atoms. The van der Waals surface area contributed by atoms with Gasteiger partial charge in [0.05, 0.1) is 13.7 Å². The van der Waals surface area contributed by atoms with E-state index >= 15 is 0 Å². The second-order valence-corrected chi connectivity index (χ2v) is 6.52. The van der Waals surface area contributed by atoms with Crippen LogP contribution in [0.25, 0.3) is 0 Å². The first-order valence-electron chi connectivity index (χ1n) is 9.91. The van der Waals surface area contributed by atoms with Crippen LogP contribution in [0.1, 0.15) is 25.8 Å². The van der Waals surface area contributed by atoms with Crippen LogP contribution >= 0.6 is 0 Å². The minimum Gasteiger partial charge on any atom is -0.478 e. The summed E-state index contributed by atoms with van der Waals surface area (Å²) < 4.78 is 13.8. The fraction of sp³-hybridized carbons (Fsp3) is 0.280. The molecule has 9 nitrogen and oxygen atoms in total. The number of carboxylic acids is 1. The van der Waals surface area contributed by atoms with Crippen molar-refractivity contribution < 1.29 is 43.6 Å². The number of esters is 3. The molecule has 9 heteroatoms. The Morgan fingerprint density at radius 1 is 0.912 bits per heavy atom. The smallest absolute Gasteiger partial charge is 0.333 e. The zero-order valence-corrected chi connectivity index (χ0v) is 19.7. The van der Waals surface area contributed by atoms with Crippen molar-refractivity contribution in [2.75, 3.05) is 20.3 Å². The number of carboxylic acid groups (broad SMARTS) is 1. The van der Waals surface area contributed by atoms with Crippen molar-refractivity contribution in [2.45, 2.75) is 26.9 Å². The van der Waals surface area contributed by atoms with E-state index < -0.39 is 11.9 Å². The average molecular weight is 477 g/mol. The van der Waals surface area contributed by atoms with Gasteiger partial charge in [-0.15, -0.1) is 0 Å². The number of benzene rings is 1. The lowest BCUT2D eigenvalue weighted by Gasteiger charge is -2.03. The molecule has 0 heterocycles. The van der Waals surface area contributed by atoms with Crippen molar-refractivity contribution in [2.24, 2.45) is 0 Å². The Morgan fingerprint density at radius 3 is 1.88 bits per heavy atom. The summed E-state index contributed by atoms with van der Waals surface area (Å²) in [6.07, 6.45) is 2.34. The molecule has 0 radical (unpaired) electrons. The third-order valence-electron chi connectivity index (χ3n) is 3.33. The lowest BCUT2D eigenvalue weighted by atomic mass is 10.2. The summed E-state index contributed by atoms with van der Waals surface area (Å²) in [5, 5.41) is 16.6. The minimum absolute atomic E-state index is 0.0828. The number of ether oxygens (including phenoxy) is 3. The highest BCUT2D eigenvalue weighted by molar-refractivity contribution is 5.88. The first-order chi connectivity index (χ1) is 16.0. The van der Waals surface area contributed by atoms with Crippen LogP contribution in [0, 0.1) is 0 Å². The maximum absolute atomic E-state index is 11.0. The molecule has 34 heavy (non-hydrogen) atoms. The van der Waals surface area contributed by atoms with Gasteiger partial charge in [-0.05, 0) is 25.8 Å². The zero-order valence-electron chi connectivity index (χ0n) is 19.7. The Hall–Kier alpha value is -3.98. The summed E-state index contributed by atoms with van der Waals surface area (Å²) in [5.41, 5.74) is 1.99. The van der Waals surface area contributed by atoms with Gasteiger partial charge in [0, 0.05) is 22.8 Å². The van der Waals surface area contributed by atoms with Crippen molar-refractivity contribution in [3.05, 3.63) is 84.5 Å². The van der Waals surface area contributed by atoms with E-state index in [9.17, 15) is 19.2 Å². The molecule has 0 aliphatic heterocycles. The molecule has 0 atom stereocenters. The molecular weight excluding hydrogens is 444 g/mol. The molecule has 0 spiro atoms. The molecule has 0 aromatic heterocycles. The summed E-state index contributed by atoms with van der Waals surface area (Å²) in [4.78, 5) is 42.2. The number of aliphatic hydroxyl groups is 1. The quantitative estimate of drug-likeness (QED) is 0.296. The Morgan fingerprint density at radius 2 is 1.47 bits per heavy atom. The lowest BCUT2D eigenvalue weighted by molar-refractivity contribution is -0.140. The Balaban J connectivity index is 0. The Labute approximate surface area is 199 Å². The van der Waals surface area contributed by atoms with Crippen LogP contribution in [0.3, 0.4) is 0 Å². The van der Waals surface area contributed by atoms with Crippen molar-refractivity contribution in [3.8, 4) is 0 Å². The topological polar surface area (TPSA) is 136 Å². The summed E-state index contributed by atoms with van der Waals surface area (Å²) in [6, 6.07) is 9.55. The predicted octanol–water partition coefficient (Wildman–Crippen LogP) is 3.15. The molecule has 0 saturated heterocycles. The van der Waals surface area contributed by atoms with E-state index in [4.69, 9.17) is 14.9 Å². The van der Waals surface area contributed by atoms with Gasteiger partial charge in [0.25, 0.3) is 0 Å². The second-order valence-electron chi connectivity index (χ2n) is 6.52. The fourth-order valence-electron chi connectivity index (χ4n) is 1.65. The third-order valence-corrected chi connectivity index (χ3v) is 3.33. The van der Waals surface area contributed by atoms with Crippen LogP contribution in [0.2, 0.25) is 0 Å². The highest BCUT2D eigenvalue weighted by Crippen LogP contribution is 2.03. The predicted molar refractivity (Wildman–Crippen MR) is 126 cm³/mol. The van der Waals surface area contributed by atoms with Gasteiger partial charge in [0.15, 0.2) is 0 Å². The number of aliphatic hydroxyl groups excluding tert-OH is 1. The van der Waals surface area contributed by atoms with Crippen LogP contribution in [0.5, 0.6) is 0 Å². The normalized spacial score (nSPS) is 9.29. The number of allylic oxidation sites excluding steroid dienone is 1. The fourth-order valence-corrected chi connectivity index (χ4v) is 1.65. The number of hydrogen-bond donors (Lipinski definition) is 2. The van der Waals surface area contributed by atoms with Gasteiger partial charge in [-0.2, -0.15) is 0 Å². The van der Waals surface area contributed by atoms with Gasteiger partial charge in [-0.1, -0.05) is 56.1 Å². The molecule has 0 amide bonds. The van der Waals surface area contributed by atoms with Gasteiger partial charge in [0.1, 0.15) is 13.2 Å². The van der Waals surface area contributed by atoms with Crippen molar-refractivity contribution in [1.29, 1.82) is 0 Å². The van der Waals surface area contributed by atoms with Gasteiger partial charge < -0.3 is 24.4 Å². The Bertz CT molecular complexity index is 868. The van der Waals surface area contributed by atoms with Gasteiger partial charge in [-0.3, -0.25) is 0 Å². The van der Waals surface area contributed by atoms with Crippen molar-refractivity contribution >= 4 is 23.9 Å². The number of aliphatic carboxylic acids is 1. The molecule has 0 aliphatic rings. The maximum Gasteiger partial charge on any atom is 0.333 e. The molecule has 186 valence electrons. The number of rotatable bonds is 10. The molecule has 0 unspecified atom stereocenters. The zero-order chi connectivity index (χ0) is 26.5. The Kier molecular flexibility index (Phi) is 18.6. The molecule has 0 saturated carbocycles. The summed E-state index contributed by atoms with van der Waals surface area (Å²) in [7, 11) is 1.33. The maximum atomic E-state index is 11.0. The van der Waals surface area contributed by atoms with E-state index in [2.05, 4.69) is 29.2 Å². The van der Waals surface area contributed by atoms with Crippen molar-refractivity contribution in [3.63, 3.8) is 0 Å². The van der Waals surface area contributed by atoms with E-state index in [1.165, 1.54) is 13.2 Å². The summed E-state index contributed by atoms with van der Waals surface area (Å²) in [5.74, 6) is -2.40. The largest absolute Gasteiger partial charge is 0.478 e. The first-order valence-corrected chi connectivity index (χ1v) is 9.91. The van der Waals surface area contributed by atoms with Gasteiger partial charge in [-0.25, -0.2) is 19.2 Å². The van der Waals surface area contributed by atoms with Crippen LogP contribution in [-0.2, 0) is 40.0 Å². The van der Waals surface area contributed by atoms with Gasteiger partial charge >= 0.3 is 23.9 Å². The summed E-state index contributed by atoms with van der Waals surface area (Å²) in [6.45, 7) is 13.5. The number of carbonyl (C=O) groups excluding carboxylic acids is 3. The van der Waals surface area contributed by atoms with Crippen LogP contribution in [-0.4, -0.2) is 54.4 Å². The standard InChI is InChI=1S/C11H12O2.C9H12O5.C5H8O2/c1-9(2)11(12)13-8-10-6-4-3-5-7-10;1-7(3-2-4-8(11)12)9(13)14-6-5-10;1-4(2)5(6)7-3/h3-7H,1,8H2,2H3;2,4,10H,1,3,5-6H2,(H,11,12);1H2,2-3H3. The molecule has 1 aromatic carbocycles. The average Bonchev–Trinajstić information content (AvgIpc) is 2.81. The number of carbonyl (C=O) groups is 4. The highest BCUT2D eigenvalue weighted by Gasteiger charge is 2.06. The SMILES string of the molecule is C=C(C)C(=O)OC.C=C(C)C(=O)OCc1ccccc1.C=C(CC=CC(=O)O)C(=O)OCCO. The van der Waals surface area contributed by atoms with E-state index in [-0.39, 0.29) is 37.1 Å². The van der Waals surface area contributed by atoms with E-state index in [0.717, 1.165) is 11.6 Å². The molecule has 2 N–H and O–H groups in total. The lowest BCUT2D eigenvalue weighted by Crippen LogP contribution is -2.09. The van der Waals surface area contributed by atoms with Crippen molar-refractivity contribution in [1.82, 2.24) is 0 Å². The summed E-state index contributed by atoms with van der Waals surface area (Å²) >= 11 is 0. The monoisotopic (exact) mass is 476 g/mol.